The maximum Gasteiger partial charge on any atom is 0.250 e. The Hall–Kier alpha value is -3.68. The second kappa shape index (κ2) is 11.1. The summed E-state index contributed by atoms with van der Waals surface area (Å²) in [6, 6.07) is -0.0247. The molecule has 2 heterocycles. The molecule has 8 heteroatoms. The minimum Gasteiger partial charge on any atom is -0.376 e. The van der Waals surface area contributed by atoms with Crippen molar-refractivity contribution in [2.75, 3.05) is 0 Å². The van der Waals surface area contributed by atoms with Crippen LogP contribution in [0.15, 0.2) is 70.7 Å². The molecule has 0 spiro atoms. The SMILES string of the molecule is C\C=C/C=C(\C=C\NC(=O)C1C=C(c2cnn(C)c2C)C=CN1)C(/C)=N/NC=NC1CC1. The Kier molecular flexibility index (Phi) is 7.96. The molecule has 1 saturated carbocycles. The van der Waals surface area contributed by atoms with Crippen molar-refractivity contribution in [3.63, 3.8) is 0 Å². The molecule has 1 aliphatic carbocycles. The summed E-state index contributed by atoms with van der Waals surface area (Å²) in [4.78, 5) is 17.0. The molecular formula is C24H31N7O. The summed E-state index contributed by atoms with van der Waals surface area (Å²) in [7, 11) is 1.90. The van der Waals surface area contributed by atoms with Crippen LogP contribution in [0.2, 0.25) is 0 Å². The number of rotatable bonds is 9. The largest absolute Gasteiger partial charge is 0.376 e. The molecule has 8 nitrogen and oxygen atoms in total. The number of dihydropyridines is 1. The van der Waals surface area contributed by atoms with Crippen LogP contribution in [0.5, 0.6) is 0 Å². The molecule has 2 aliphatic rings. The first-order chi connectivity index (χ1) is 15.5. The fourth-order valence-electron chi connectivity index (χ4n) is 2.99. The van der Waals surface area contributed by atoms with Gasteiger partial charge in [-0.05, 0) is 69.2 Å². The summed E-state index contributed by atoms with van der Waals surface area (Å²) >= 11 is 0. The molecule has 0 radical (unpaired) electrons. The van der Waals surface area contributed by atoms with Crippen LogP contribution in [-0.4, -0.2) is 39.8 Å². The summed E-state index contributed by atoms with van der Waals surface area (Å²) in [6.07, 6.45) is 20.7. The van der Waals surface area contributed by atoms with E-state index in [0.717, 1.165) is 41.0 Å². The van der Waals surface area contributed by atoms with Gasteiger partial charge in [0.1, 0.15) is 12.4 Å². The maximum atomic E-state index is 12.7. The van der Waals surface area contributed by atoms with Gasteiger partial charge in [0.25, 0.3) is 0 Å². The van der Waals surface area contributed by atoms with E-state index in [0.29, 0.717) is 6.04 Å². The fraction of sp³-hybridized carbons (Fsp3) is 0.333. The first-order valence-corrected chi connectivity index (χ1v) is 10.7. The molecule has 1 aromatic rings. The molecule has 1 unspecified atom stereocenters. The quantitative estimate of drug-likeness (QED) is 0.242. The minimum atomic E-state index is -0.475. The van der Waals surface area contributed by atoms with E-state index >= 15 is 0 Å². The monoisotopic (exact) mass is 433 g/mol. The molecule has 1 atom stereocenters. The van der Waals surface area contributed by atoms with Gasteiger partial charge in [0.2, 0.25) is 5.91 Å². The van der Waals surface area contributed by atoms with Crippen molar-refractivity contribution >= 4 is 23.5 Å². The van der Waals surface area contributed by atoms with Crippen LogP contribution in [0.3, 0.4) is 0 Å². The number of allylic oxidation sites excluding steroid dienone is 7. The highest BCUT2D eigenvalue weighted by atomic mass is 16.2. The number of nitrogens with one attached hydrogen (secondary N) is 3. The Labute approximate surface area is 189 Å². The molecule has 32 heavy (non-hydrogen) atoms. The number of carbonyl (C=O) groups excluding carboxylic acids is 1. The predicted octanol–water partition coefficient (Wildman–Crippen LogP) is 2.89. The maximum absolute atomic E-state index is 12.7. The number of aryl methyl sites for hydroxylation is 1. The lowest BCUT2D eigenvalue weighted by Crippen LogP contribution is -2.39. The van der Waals surface area contributed by atoms with E-state index in [2.05, 4.69) is 31.3 Å². The highest BCUT2D eigenvalue weighted by Crippen LogP contribution is 2.23. The van der Waals surface area contributed by atoms with Crippen molar-refractivity contribution in [1.29, 1.82) is 0 Å². The third-order valence-electron chi connectivity index (χ3n) is 5.21. The second-order valence-corrected chi connectivity index (χ2v) is 7.69. The number of amides is 1. The van der Waals surface area contributed by atoms with E-state index in [1.165, 1.54) is 0 Å². The normalized spacial score (nSPS) is 19.6. The standard InChI is InChI=1S/C24H31N7O/c1-5-6-7-19(17(2)30-28-16-27-21-8-9-21)10-13-26-24(32)23-14-20(11-12-25-23)22-15-29-31(4)18(22)3/h5-7,10-16,21,23,25H,8-9H2,1-4H3,(H,26,32)(H,27,28)/b6-5-,13-10+,19-7+,30-17+. The Morgan fingerprint density at radius 1 is 1.38 bits per heavy atom. The number of aliphatic imine (C=N–C) groups is 1. The van der Waals surface area contributed by atoms with Crippen LogP contribution in [0, 0.1) is 6.92 Å². The van der Waals surface area contributed by atoms with Crippen LogP contribution in [-0.2, 0) is 11.8 Å². The van der Waals surface area contributed by atoms with E-state index in [1.54, 1.807) is 18.7 Å². The van der Waals surface area contributed by atoms with E-state index in [-0.39, 0.29) is 5.91 Å². The summed E-state index contributed by atoms with van der Waals surface area (Å²) in [5.74, 6) is -0.153. The zero-order chi connectivity index (χ0) is 22.9. The third-order valence-corrected chi connectivity index (χ3v) is 5.21. The fourth-order valence-corrected chi connectivity index (χ4v) is 2.99. The Balaban J connectivity index is 1.62. The number of aromatic nitrogens is 2. The van der Waals surface area contributed by atoms with Crippen molar-refractivity contribution in [2.24, 2.45) is 17.1 Å². The molecular weight excluding hydrogens is 402 g/mol. The van der Waals surface area contributed by atoms with Crippen LogP contribution in [0.1, 0.15) is 37.9 Å². The molecule has 3 N–H and O–H groups in total. The van der Waals surface area contributed by atoms with Crippen molar-refractivity contribution in [3.8, 4) is 0 Å². The van der Waals surface area contributed by atoms with Gasteiger partial charge in [-0.15, -0.1) is 0 Å². The van der Waals surface area contributed by atoms with Crippen LogP contribution >= 0.6 is 0 Å². The van der Waals surface area contributed by atoms with Gasteiger partial charge in [-0.2, -0.15) is 10.2 Å². The number of hydrazone groups is 1. The average molecular weight is 434 g/mol. The van der Waals surface area contributed by atoms with Gasteiger partial charge in [-0.3, -0.25) is 19.9 Å². The Morgan fingerprint density at radius 3 is 2.88 bits per heavy atom. The molecule has 1 aliphatic heterocycles. The topological polar surface area (TPSA) is 95.7 Å². The lowest BCUT2D eigenvalue weighted by atomic mass is 10.0. The first kappa shape index (κ1) is 23.0. The smallest absolute Gasteiger partial charge is 0.250 e. The molecule has 1 amide bonds. The van der Waals surface area contributed by atoms with Gasteiger partial charge in [0, 0.05) is 24.5 Å². The Bertz CT molecular complexity index is 1030. The average Bonchev–Trinajstić information content (AvgIpc) is 3.57. The van der Waals surface area contributed by atoms with Gasteiger partial charge >= 0.3 is 0 Å². The summed E-state index contributed by atoms with van der Waals surface area (Å²) in [5.41, 5.74) is 7.55. The molecule has 168 valence electrons. The van der Waals surface area contributed by atoms with Crippen molar-refractivity contribution in [1.82, 2.24) is 25.8 Å². The third kappa shape index (κ3) is 6.41. The van der Waals surface area contributed by atoms with Crippen molar-refractivity contribution < 1.29 is 4.79 Å². The molecule has 1 aromatic heterocycles. The van der Waals surface area contributed by atoms with E-state index in [4.69, 9.17) is 0 Å². The first-order valence-electron chi connectivity index (χ1n) is 10.7. The molecule has 0 saturated heterocycles. The number of carbonyl (C=O) groups is 1. The number of hydrogen-bond donors (Lipinski definition) is 3. The van der Waals surface area contributed by atoms with E-state index < -0.39 is 6.04 Å². The molecule has 1 fully saturated rings. The van der Waals surface area contributed by atoms with E-state index in [9.17, 15) is 4.79 Å². The van der Waals surface area contributed by atoms with Gasteiger partial charge in [0.05, 0.1) is 18.0 Å². The van der Waals surface area contributed by atoms with Crippen molar-refractivity contribution in [2.45, 2.75) is 45.7 Å². The summed E-state index contributed by atoms with van der Waals surface area (Å²) < 4.78 is 1.82. The zero-order valence-electron chi connectivity index (χ0n) is 19.0. The van der Waals surface area contributed by atoms with Gasteiger partial charge in [0.15, 0.2) is 0 Å². The van der Waals surface area contributed by atoms with Crippen LogP contribution < -0.4 is 16.1 Å². The lowest BCUT2D eigenvalue weighted by molar-refractivity contribution is -0.120. The number of nitrogens with zero attached hydrogens (tertiary/aromatic N) is 4. The van der Waals surface area contributed by atoms with Crippen LogP contribution in [0.25, 0.3) is 5.57 Å². The highest BCUT2D eigenvalue weighted by molar-refractivity contribution is 6.01. The lowest BCUT2D eigenvalue weighted by Gasteiger charge is -2.17. The van der Waals surface area contributed by atoms with Crippen LogP contribution in [0.4, 0.5) is 0 Å². The van der Waals surface area contributed by atoms with Gasteiger partial charge in [-0.1, -0.05) is 18.2 Å². The predicted molar refractivity (Wildman–Crippen MR) is 130 cm³/mol. The van der Waals surface area contributed by atoms with Gasteiger partial charge in [-0.25, -0.2) is 0 Å². The summed E-state index contributed by atoms with van der Waals surface area (Å²) in [6.45, 7) is 5.85. The summed E-state index contributed by atoms with van der Waals surface area (Å²) in [5, 5.41) is 14.5. The van der Waals surface area contributed by atoms with E-state index in [1.807, 2.05) is 75.2 Å². The zero-order valence-corrected chi connectivity index (χ0v) is 19.0. The number of hydrogen-bond acceptors (Lipinski definition) is 5. The molecule has 0 bridgehead atoms. The Morgan fingerprint density at radius 2 is 2.19 bits per heavy atom. The highest BCUT2D eigenvalue weighted by Gasteiger charge is 2.19. The molecule has 3 rings (SSSR count). The van der Waals surface area contributed by atoms with Crippen molar-refractivity contribution in [3.05, 3.63) is 71.9 Å². The molecule has 0 aromatic carbocycles. The minimum absolute atomic E-state index is 0.153. The second-order valence-electron chi connectivity index (χ2n) is 7.69. The van der Waals surface area contributed by atoms with Gasteiger partial charge < -0.3 is 10.6 Å².